The van der Waals surface area contributed by atoms with Gasteiger partial charge in [-0.1, -0.05) is 48.2 Å². The summed E-state index contributed by atoms with van der Waals surface area (Å²) in [6.45, 7) is 4.13. The van der Waals surface area contributed by atoms with Gasteiger partial charge in [-0.15, -0.1) is 0 Å². The third-order valence-electron chi connectivity index (χ3n) is 6.03. The molecule has 1 saturated heterocycles. The number of hydrogen-bond acceptors (Lipinski definition) is 9. The highest BCUT2D eigenvalue weighted by Gasteiger charge is 2.60. The van der Waals surface area contributed by atoms with Crippen molar-refractivity contribution in [3.63, 3.8) is 0 Å². The molecule has 0 radical (unpaired) electrons. The van der Waals surface area contributed by atoms with E-state index in [1.807, 2.05) is 85.8 Å². The molecule has 6 rings (SSSR count). The molecule has 0 bridgehead atoms. The summed E-state index contributed by atoms with van der Waals surface area (Å²) >= 11 is 2.54. The monoisotopic (exact) mass is 545 g/mol. The Kier molecular flexibility index (Phi) is 6.29. The van der Waals surface area contributed by atoms with E-state index in [0.29, 0.717) is 22.1 Å². The smallest absolute Gasteiger partial charge is 0.365 e. The van der Waals surface area contributed by atoms with Crippen LogP contribution in [0.5, 0.6) is 11.5 Å². The molecule has 3 aromatic rings. The molecule has 8 nitrogen and oxygen atoms in total. The molecule has 0 N–H and O–H groups in total. The van der Waals surface area contributed by atoms with Gasteiger partial charge in [-0.3, -0.25) is 9.69 Å². The number of esters is 1. The Hall–Kier alpha value is -3.89. The maximum atomic E-state index is 14.1. The largest absolute Gasteiger partial charge is 0.461 e. The molecule has 38 heavy (non-hydrogen) atoms. The standard InChI is InChI=1S/C28H23N3O5S2/c1-3-34-27(33)25-29-31(21-11-7-8-18(2)14-21)28(38-25)30(20-9-5-4-6-10-20)26(32)24(37-28)16-19-12-13-22-23(15-19)36-17-35-22/h4-16H,3,17H2,1-2H3/b24-16-/t28-/m1/s1. The van der Waals surface area contributed by atoms with Crippen molar-refractivity contribution in [2.75, 3.05) is 23.3 Å². The third-order valence-corrected chi connectivity index (χ3v) is 8.73. The molecule has 3 heterocycles. The highest BCUT2D eigenvalue weighted by atomic mass is 32.2. The fourth-order valence-corrected chi connectivity index (χ4v) is 7.25. The Bertz CT molecular complexity index is 1490. The number of ether oxygens (including phenoxy) is 3. The third kappa shape index (κ3) is 4.19. The van der Waals surface area contributed by atoms with E-state index >= 15 is 0 Å². The molecule has 3 aliphatic heterocycles. The lowest BCUT2D eigenvalue weighted by molar-refractivity contribution is -0.134. The van der Waals surface area contributed by atoms with Crippen molar-refractivity contribution in [1.82, 2.24) is 0 Å². The molecule has 3 aromatic carbocycles. The molecule has 1 spiro atoms. The molecular formula is C28H23N3O5S2. The highest BCUT2D eigenvalue weighted by Crippen LogP contribution is 2.59. The van der Waals surface area contributed by atoms with Crippen LogP contribution >= 0.6 is 23.5 Å². The minimum Gasteiger partial charge on any atom is -0.461 e. The van der Waals surface area contributed by atoms with Gasteiger partial charge >= 0.3 is 5.97 Å². The van der Waals surface area contributed by atoms with E-state index in [0.717, 1.165) is 16.8 Å². The van der Waals surface area contributed by atoms with Crippen molar-refractivity contribution in [1.29, 1.82) is 0 Å². The van der Waals surface area contributed by atoms with Crippen LogP contribution in [0.25, 0.3) is 6.08 Å². The van der Waals surface area contributed by atoms with Gasteiger partial charge < -0.3 is 14.2 Å². The van der Waals surface area contributed by atoms with Crippen LogP contribution in [0.4, 0.5) is 11.4 Å². The second-order valence-corrected chi connectivity index (χ2v) is 11.3. The van der Waals surface area contributed by atoms with Crippen LogP contribution in [0.1, 0.15) is 18.1 Å². The number of rotatable bonds is 5. The lowest BCUT2D eigenvalue weighted by Crippen LogP contribution is -2.51. The lowest BCUT2D eigenvalue weighted by Gasteiger charge is -2.38. The van der Waals surface area contributed by atoms with Gasteiger partial charge in [-0.05, 0) is 79.2 Å². The fourth-order valence-electron chi connectivity index (χ4n) is 4.38. The van der Waals surface area contributed by atoms with E-state index < -0.39 is 10.3 Å². The van der Waals surface area contributed by atoms with E-state index in [4.69, 9.17) is 19.3 Å². The average Bonchev–Trinajstić information content (AvgIpc) is 3.61. The molecule has 0 unspecified atom stereocenters. The van der Waals surface area contributed by atoms with Crippen LogP contribution in [0, 0.1) is 6.92 Å². The Morgan fingerprint density at radius 3 is 2.61 bits per heavy atom. The number of aryl methyl sites for hydroxylation is 1. The summed E-state index contributed by atoms with van der Waals surface area (Å²) in [7, 11) is 0. The van der Waals surface area contributed by atoms with Crippen molar-refractivity contribution in [2.24, 2.45) is 5.10 Å². The van der Waals surface area contributed by atoms with Gasteiger partial charge in [-0.25, -0.2) is 9.80 Å². The SMILES string of the molecule is CCOC(=O)C1=NN(c2cccc(C)c2)[C@@]2(S1)S/C(=C\c1ccc3c(c1)OCO3)C(=O)N2c1ccccc1. The van der Waals surface area contributed by atoms with E-state index in [1.54, 1.807) is 16.8 Å². The predicted molar refractivity (Wildman–Crippen MR) is 150 cm³/mol. The van der Waals surface area contributed by atoms with Gasteiger partial charge in [0.1, 0.15) is 0 Å². The first-order chi connectivity index (χ1) is 18.5. The summed E-state index contributed by atoms with van der Waals surface area (Å²) in [5.74, 6) is 0.573. The first-order valence-corrected chi connectivity index (χ1v) is 13.6. The maximum absolute atomic E-state index is 14.1. The first kappa shape index (κ1) is 24.4. The van der Waals surface area contributed by atoms with Crippen molar-refractivity contribution in [3.8, 4) is 11.5 Å². The molecule has 0 aliphatic carbocycles. The molecule has 192 valence electrons. The number of fused-ring (bicyclic) bond motifs is 1. The number of hydrazone groups is 1. The van der Waals surface area contributed by atoms with Crippen LogP contribution in [0.15, 0.2) is 82.8 Å². The van der Waals surface area contributed by atoms with Crippen molar-refractivity contribution < 1.29 is 23.8 Å². The van der Waals surface area contributed by atoms with Gasteiger partial charge in [-0.2, -0.15) is 5.10 Å². The number of hydrogen-bond donors (Lipinski definition) is 0. The highest BCUT2D eigenvalue weighted by molar-refractivity contribution is 8.29. The van der Waals surface area contributed by atoms with Gasteiger partial charge in [0.05, 0.1) is 17.2 Å². The molecule has 1 atom stereocenters. The Morgan fingerprint density at radius 1 is 1.03 bits per heavy atom. The second-order valence-electron chi connectivity index (χ2n) is 8.63. The van der Waals surface area contributed by atoms with E-state index in [-0.39, 0.29) is 24.4 Å². The fraction of sp³-hybridized carbons (Fsp3) is 0.179. The zero-order valence-electron chi connectivity index (χ0n) is 20.6. The number of para-hydroxylation sites is 1. The second kappa shape index (κ2) is 9.77. The minimum absolute atomic E-state index is 0.171. The number of carbonyl (C=O) groups is 2. The Balaban J connectivity index is 1.49. The molecule has 1 amide bonds. The number of amides is 1. The van der Waals surface area contributed by atoms with Crippen LogP contribution in [-0.4, -0.2) is 34.6 Å². The van der Waals surface area contributed by atoms with E-state index in [1.165, 1.54) is 23.5 Å². The normalized spacial score (nSPS) is 20.9. The summed E-state index contributed by atoms with van der Waals surface area (Å²) < 4.78 is 15.1. The zero-order valence-corrected chi connectivity index (χ0v) is 22.3. The van der Waals surface area contributed by atoms with Gasteiger partial charge in [0.2, 0.25) is 16.2 Å². The molecule has 10 heteroatoms. The summed E-state index contributed by atoms with van der Waals surface area (Å²) in [4.78, 5) is 29.2. The average molecular weight is 546 g/mol. The minimum atomic E-state index is -1.13. The summed E-state index contributed by atoms with van der Waals surface area (Å²) in [6.07, 6.45) is 1.83. The zero-order chi connectivity index (χ0) is 26.3. The quantitative estimate of drug-likeness (QED) is 0.303. The molecular weight excluding hydrogens is 522 g/mol. The topological polar surface area (TPSA) is 80.7 Å². The number of anilines is 2. The van der Waals surface area contributed by atoms with Crippen molar-refractivity contribution in [3.05, 3.63) is 88.8 Å². The molecule has 0 saturated carbocycles. The predicted octanol–water partition coefficient (Wildman–Crippen LogP) is 5.59. The van der Waals surface area contributed by atoms with Gasteiger partial charge in [0.25, 0.3) is 5.91 Å². The van der Waals surface area contributed by atoms with E-state index in [2.05, 4.69) is 0 Å². The Labute approximate surface area is 228 Å². The summed E-state index contributed by atoms with van der Waals surface area (Å²) in [5, 5.41) is 6.63. The van der Waals surface area contributed by atoms with Gasteiger partial charge in [0, 0.05) is 5.69 Å². The maximum Gasteiger partial charge on any atom is 0.365 e. The Morgan fingerprint density at radius 2 is 1.82 bits per heavy atom. The van der Waals surface area contributed by atoms with Crippen LogP contribution in [-0.2, 0) is 14.3 Å². The van der Waals surface area contributed by atoms with E-state index in [9.17, 15) is 9.59 Å². The number of thioether (sulfide) groups is 2. The van der Waals surface area contributed by atoms with Crippen LogP contribution in [0.3, 0.4) is 0 Å². The van der Waals surface area contributed by atoms with Gasteiger partial charge in [0.15, 0.2) is 11.5 Å². The lowest BCUT2D eigenvalue weighted by atomic mass is 10.2. The van der Waals surface area contributed by atoms with Crippen LogP contribution in [0.2, 0.25) is 0 Å². The first-order valence-electron chi connectivity index (χ1n) is 12.0. The van der Waals surface area contributed by atoms with Crippen molar-refractivity contribution >= 4 is 57.9 Å². The molecule has 3 aliphatic rings. The summed E-state index contributed by atoms with van der Waals surface area (Å²) in [5.41, 5.74) is 3.26. The molecule has 0 aromatic heterocycles. The van der Waals surface area contributed by atoms with Crippen LogP contribution < -0.4 is 19.4 Å². The number of benzene rings is 3. The summed E-state index contributed by atoms with van der Waals surface area (Å²) in [6, 6.07) is 22.8. The number of nitrogens with zero attached hydrogens (tertiary/aromatic N) is 3. The number of carbonyl (C=O) groups excluding carboxylic acids is 2. The van der Waals surface area contributed by atoms with Crippen molar-refractivity contribution in [2.45, 2.75) is 18.2 Å². The molecule has 1 fully saturated rings.